The summed E-state index contributed by atoms with van der Waals surface area (Å²) in [6.45, 7) is 2.98. The van der Waals surface area contributed by atoms with Crippen LogP contribution in [-0.4, -0.2) is 33.9 Å². The highest BCUT2D eigenvalue weighted by Crippen LogP contribution is 2.31. The van der Waals surface area contributed by atoms with E-state index >= 15 is 0 Å². The molecule has 0 unspecified atom stereocenters. The van der Waals surface area contributed by atoms with Gasteiger partial charge in [0.05, 0.1) is 17.7 Å². The summed E-state index contributed by atoms with van der Waals surface area (Å²) in [5.74, 6) is 0.341. The summed E-state index contributed by atoms with van der Waals surface area (Å²) in [5, 5.41) is 0.385. The van der Waals surface area contributed by atoms with Crippen molar-refractivity contribution in [2.75, 3.05) is 13.2 Å². The van der Waals surface area contributed by atoms with E-state index in [0.717, 1.165) is 5.56 Å². The SMILES string of the molecule is CCOCCc1nc2[nH]c(C(=O)c3ccccc3)c(-c3ccccc3)c2c(=O)[nH]1. The predicted molar refractivity (Wildman–Crippen MR) is 112 cm³/mol. The molecule has 0 aliphatic carbocycles. The molecule has 2 aromatic heterocycles. The molecular formula is C23H21N3O3. The first-order valence-corrected chi connectivity index (χ1v) is 9.56. The van der Waals surface area contributed by atoms with E-state index in [-0.39, 0.29) is 11.3 Å². The molecule has 0 fully saturated rings. The average molecular weight is 387 g/mol. The van der Waals surface area contributed by atoms with Gasteiger partial charge < -0.3 is 14.7 Å². The minimum absolute atomic E-state index is 0.183. The van der Waals surface area contributed by atoms with E-state index in [1.807, 2.05) is 55.5 Å². The quantitative estimate of drug-likeness (QED) is 0.374. The van der Waals surface area contributed by atoms with Gasteiger partial charge in [-0.3, -0.25) is 9.59 Å². The number of H-pyrrole nitrogens is 2. The van der Waals surface area contributed by atoms with Gasteiger partial charge in [0, 0.05) is 24.2 Å². The standard InChI is InChI=1S/C23H21N3O3/c1-2-29-14-13-17-24-22-19(23(28)25-17)18(15-9-5-3-6-10-15)20(26-22)21(27)16-11-7-4-8-12-16/h3-12H,2,13-14H2,1H3,(H2,24,25,26,28). The van der Waals surface area contributed by atoms with Gasteiger partial charge in [0.25, 0.3) is 5.56 Å². The van der Waals surface area contributed by atoms with Crippen LogP contribution in [0.1, 0.15) is 28.8 Å². The molecule has 0 spiro atoms. The number of rotatable bonds is 7. The second-order valence-electron chi connectivity index (χ2n) is 6.62. The second kappa shape index (κ2) is 8.24. The summed E-state index contributed by atoms with van der Waals surface area (Å²) < 4.78 is 5.36. The minimum Gasteiger partial charge on any atom is -0.381 e. The molecule has 146 valence electrons. The lowest BCUT2D eigenvalue weighted by Crippen LogP contribution is -2.13. The highest BCUT2D eigenvalue weighted by molar-refractivity contribution is 6.16. The third kappa shape index (κ3) is 3.75. The molecule has 0 saturated heterocycles. The van der Waals surface area contributed by atoms with Gasteiger partial charge in [0.2, 0.25) is 5.78 Å². The molecule has 6 heteroatoms. The van der Waals surface area contributed by atoms with Crippen molar-refractivity contribution >= 4 is 16.8 Å². The van der Waals surface area contributed by atoms with Crippen molar-refractivity contribution in [3.8, 4) is 11.1 Å². The highest BCUT2D eigenvalue weighted by atomic mass is 16.5. The smallest absolute Gasteiger partial charge is 0.261 e. The summed E-state index contributed by atoms with van der Waals surface area (Å²) in [4.78, 5) is 36.6. The number of nitrogens with zero attached hydrogens (tertiary/aromatic N) is 1. The highest BCUT2D eigenvalue weighted by Gasteiger charge is 2.23. The number of carbonyl (C=O) groups excluding carboxylic acids is 1. The van der Waals surface area contributed by atoms with E-state index in [0.29, 0.717) is 53.3 Å². The number of hydrogen-bond donors (Lipinski definition) is 2. The van der Waals surface area contributed by atoms with Crippen LogP contribution in [0.3, 0.4) is 0 Å². The first-order valence-electron chi connectivity index (χ1n) is 9.56. The molecule has 2 aromatic carbocycles. The summed E-state index contributed by atoms with van der Waals surface area (Å²) in [6.07, 6.45) is 0.487. The fraction of sp³-hybridized carbons (Fsp3) is 0.174. The van der Waals surface area contributed by atoms with Gasteiger partial charge in [-0.05, 0) is 12.5 Å². The maximum Gasteiger partial charge on any atom is 0.261 e. The zero-order valence-corrected chi connectivity index (χ0v) is 16.1. The third-order valence-electron chi connectivity index (χ3n) is 4.72. The maximum absolute atomic E-state index is 13.2. The van der Waals surface area contributed by atoms with Gasteiger partial charge >= 0.3 is 0 Å². The van der Waals surface area contributed by atoms with E-state index in [1.165, 1.54) is 0 Å². The van der Waals surface area contributed by atoms with Crippen molar-refractivity contribution in [3.05, 3.63) is 88.1 Å². The molecule has 0 saturated carbocycles. The fourth-order valence-corrected chi connectivity index (χ4v) is 3.38. The summed E-state index contributed by atoms with van der Waals surface area (Å²) in [5.41, 5.74) is 2.38. The third-order valence-corrected chi connectivity index (χ3v) is 4.72. The fourth-order valence-electron chi connectivity index (χ4n) is 3.38. The van der Waals surface area contributed by atoms with Crippen LogP contribution in [0.5, 0.6) is 0 Å². The van der Waals surface area contributed by atoms with E-state index in [2.05, 4.69) is 15.0 Å². The normalized spacial score (nSPS) is 11.1. The topological polar surface area (TPSA) is 87.8 Å². The van der Waals surface area contributed by atoms with Crippen LogP contribution < -0.4 is 5.56 Å². The van der Waals surface area contributed by atoms with E-state index in [4.69, 9.17) is 4.74 Å². The van der Waals surface area contributed by atoms with Crippen molar-refractivity contribution < 1.29 is 9.53 Å². The Morgan fingerprint density at radius 2 is 1.69 bits per heavy atom. The molecule has 29 heavy (non-hydrogen) atoms. The summed E-state index contributed by atoms with van der Waals surface area (Å²) >= 11 is 0. The molecule has 4 rings (SSSR count). The van der Waals surface area contributed by atoms with Crippen molar-refractivity contribution in [2.45, 2.75) is 13.3 Å². The molecule has 2 heterocycles. The van der Waals surface area contributed by atoms with E-state index in [1.54, 1.807) is 12.1 Å². The van der Waals surface area contributed by atoms with Crippen LogP contribution in [0.25, 0.3) is 22.2 Å². The van der Waals surface area contributed by atoms with Crippen LogP contribution in [0, 0.1) is 0 Å². The Morgan fingerprint density at radius 3 is 2.38 bits per heavy atom. The number of ether oxygens (including phenoxy) is 1. The van der Waals surface area contributed by atoms with E-state index < -0.39 is 0 Å². The number of aromatic nitrogens is 3. The Morgan fingerprint density at radius 1 is 1.00 bits per heavy atom. The van der Waals surface area contributed by atoms with Crippen LogP contribution in [0.2, 0.25) is 0 Å². The molecule has 2 N–H and O–H groups in total. The van der Waals surface area contributed by atoms with E-state index in [9.17, 15) is 9.59 Å². The number of carbonyl (C=O) groups is 1. The first-order chi connectivity index (χ1) is 14.2. The number of aromatic amines is 2. The van der Waals surface area contributed by atoms with Crippen LogP contribution in [-0.2, 0) is 11.2 Å². The Hall–Kier alpha value is -3.51. The molecular weight excluding hydrogens is 366 g/mol. The van der Waals surface area contributed by atoms with Gasteiger partial charge in [-0.2, -0.15) is 0 Å². The second-order valence-corrected chi connectivity index (χ2v) is 6.62. The number of ketones is 1. The van der Waals surface area contributed by atoms with Gasteiger partial charge in [-0.1, -0.05) is 60.7 Å². The molecule has 0 bridgehead atoms. The zero-order chi connectivity index (χ0) is 20.2. The Kier molecular flexibility index (Phi) is 5.35. The number of hydrogen-bond acceptors (Lipinski definition) is 4. The number of benzene rings is 2. The van der Waals surface area contributed by atoms with Crippen LogP contribution in [0.15, 0.2) is 65.5 Å². The molecule has 6 nitrogen and oxygen atoms in total. The van der Waals surface area contributed by atoms with Gasteiger partial charge in [0.1, 0.15) is 11.5 Å². The van der Waals surface area contributed by atoms with Crippen molar-refractivity contribution in [1.29, 1.82) is 0 Å². The van der Waals surface area contributed by atoms with Crippen LogP contribution in [0.4, 0.5) is 0 Å². The molecule has 0 radical (unpaired) electrons. The molecule has 0 aliphatic rings. The number of nitrogens with one attached hydrogen (secondary N) is 2. The monoisotopic (exact) mass is 387 g/mol. The van der Waals surface area contributed by atoms with Crippen LogP contribution >= 0.6 is 0 Å². The molecule has 0 atom stereocenters. The summed E-state index contributed by atoms with van der Waals surface area (Å²) in [6, 6.07) is 18.4. The Bertz CT molecular complexity index is 1190. The predicted octanol–water partition coefficient (Wildman–Crippen LogP) is 3.73. The van der Waals surface area contributed by atoms with Crippen molar-refractivity contribution in [2.24, 2.45) is 0 Å². The molecule has 0 amide bonds. The number of fused-ring (bicyclic) bond motifs is 1. The van der Waals surface area contributed by atoms with Gasteiger partial charge in [-0.25, -0.2) is 4.98 Å². The summed E-state index contributed by atoms with van der Waals surface area (Å²) in [7, 11) is 0. The van der Waals surface area contributed by atoms with Crippen molar-refractivity contribution in [3.63, 3.8) is 0 Å². The largest absolute Gasteiger partial charge is 0.381 e. The lowest BCUT2D eigenvalue weighted by Gasteiger charge is -2.05. The Balaban J connectivity index is 1.91. The zero-order valence-electron chi connectivity index (χ0n) is 16.1. The lowest BCUT2D eigenvalue weighted by molar-refractivity contribution is 0.103. The molecule has 4 aromatic rings. The average Bonchev–Trinajstić information content (AvgIpc) is 3.15. The van der Waals surface area contributed by atoms with Crippen molar-refractivity contribution in [1.82, 2.24) is 15.0 Å². The maximum atomic E-state index is 13.2. The van der Waals surface area contributed by atoms with Gasteiger partial charge in [0.15, 0.2) is 0 Å². The lowest BCUT2D eigenvalue weighted by atomic mass is 9.98. The first kappa shape index (κ1) is 18.8. The minimum atomic E-state index is -0.274. The molecule has 0 aliphatic heterocycles. The van der Waals surface area contributed by atoms with Gasteiger partial charge in [-0.15, -0.1) is 0 Å². The Labute approximate surface area is 167 Å².